The fourth-order valence-electron chi connectivity index (χ4n) is 3.82. The maximum absolute atomic E-state index is 12.3. The molecule has 6 N–H and O–H groups in total. The molecule has 0 bridgehead atoms. The van der Waals surface area contributed by atoms with Crippen LogP contribution in [0.4, 0.5) is 5.95 Å². The Morgan fingerprint density at radius 3 is 2.81 bits per heavy atom. The highest BCUT2D eigenvalue weighted by molar-refractivity contribution is 7.14. The molecule has 3 rings (SSSR count). The number of thiophene rings is 1. The van der Waals surface area contributed by atoms with Gasteiger partial charge in [0, 0.05) is 16.9 Å². The molecule has 2 heterocycles. The number of fused-ring (bicyclic) bond motifs is 1. The van der Waals surface area contributed by atoms with Crippen molar-refractivity contribution in [1.29, 1.82) is 0 Å². The Morgan fingerprint density at radius 2 is 2.10 bits per heavy atom. The second-order valence-electron chi connectivity index (χ2n) is 7.50. The van der Waals surface area contributed by atoms with Crippen LogP contribution in [0.5, 0.6) is 0 Å². The van der Waals surface area contributed by atoms with Crippen molar-refractivity contribution < 1.29 is 24.6 Å². The van der Waals surface area contributed by atoms with Crippen molar-refractivity contribution >= 4 is 35.1 Å². The van der Waals surface area contributed by atoms with Crippen LogP contribution in [-0.4, -0.2) is 44.1 Å². The van der Waals surface area contributed by atoms with Gasteiger partial charge in [-0.05, 0) is 56.6 Å². The van der Waals surface area contributed by atoms with Crippen molar-refractivity contribution in [1.82, 2.24) is 15.3 Å². The number of aryl methyl sites for hydroxylation is 2. The molecule has 0 radical (unpaired) electrons. The van der Waals surface area contributed by atoms with E-state index >= 15 is 0 Å². The van der Waals surface area contributed by atoms with Crippen molar-refractivity contribution in [2.45, 2.75) is 56.9 Å². The summed E-state index contributed by atoms with van der Waals surface area (Å²) < 4.78 is 0. The van der Waals surface area contributed by atoms with E-state index in [0.29, 0.717) is 4.88 Å². The maximum atomic E-state index is 12.3. The number of anilines is 1. The van der Waals surface area contributed by atoms with Gasteiger partial charge < -0.3 is 21.3 Å². The Morgan fingerprint density at radius 1 is 1.32 bits per heavy atom. The summed E-state index contributed by atoms with van der Waals surface area (Å²) in [5.41, 5.74) is 6.93. The molecule has 2 atom stereocenters. The topological polar surface area (TPSA) is 175 Å². The molecule has 166 valence electrons. The Bertz CT molecular complexity index is 1050. The summed E-state index contributed by atoms with van der Waals surface area (Å²) in [5.74, 6) is -2.64. The number of hydrogen-bond acceptors (Lipinski definition) is 7. The number of amides is 1. The van der Waals surface area contributed by atoms with Crippen molar-refractivity contribution in [2.24, 2.45) is 0 Å². The van der Waals surface area contributed by atoms with Crippen LogP contribution in [0, 0.1) is 0 Å². The van der Waals surface area contributed by atoms with E-state index in [1.807, 2.05) is 6.07 Å². The first-order chi connectivity index (χ1) is 14.7. The number of carboxylic acids is 2. The van der Waals surface area contributed by atoms with Crippen LogP contribution in [0.25, 0.3) is 0 Å². The van der Waals surface area contributed by atoms with E-state index in [4.69, 9.17) is 10.8 Å². The van der Waals surface area contributed by atoms with Crippen LogP contribution >= 0.6 is 11.3 Å². The number of aromatic nitrogens is 2. The third-order valence-corrected chi connectivity index (χ3v) is 6.45. The van der Waals surface area contributed by atoms with Gasteiger partial charge in [-0.1, -0.05) is 0 Å². The summed E-state index contributed by atoms with van der Waals surface area (Å²) in [5, 5.41) is 20.3. The molecule has 1 unspecified atom stereocenters. The van der Waals surface area contributed by atoms with Crippen LogP contribution in [-0.2, 0) is 22.4 Å². The zero-order valence-corrected chi connectivity index (χ0v) is 17.5. The molecule has 11 heteroatoms. The quantitative estimate of drug-likeness (QED) is 0.363. The summed E-state index contributed by atoms with van der Waals surface area (Å²) in [6.07, 6.45) is 3.44. The number of carboxylic acid groups (broad SMARTS) is 2. The lowest BCUT2D eigenvalue weighted by atomic mass is 9.97. The number of H-pyrrole nitrogens is 1. The first-order valence-electron chi connectivity index (χ1n) is 9.97. The third kappa shape index (κ3) is 5.69. The lowest BCUT2D eigenvalue weighted by molar-refractivity contribution is -0.140. The van der Waals surface area contributed by atoms with Crippen molar-refractivity contribution in [3.8, 4) is 0 Å². The number of carbonyl (C=O) groups is 3. The van der Waals surface area contributed by atoms with Crippen LogP contribution in [0.15, 0.2) is 16.9 Å². The number of nitrogens with zero attached hydrogens (tertiary/aromatic N) is 1. The van der Waals surface area contributed by atoms with Crippen LogP contribution in [0.3, 0.4) is 0 Å². The molecule has 10 nitrogen and oxygen atoms in total. The molecule has 31 heavy (non-hydrogen) atoms. The highest BCUT2D eigenvalue weighted by Crippen LogP contribution is 2.33. The lowest BCUT2D eigenvalue weighted by Crippen LogP contribution is -2.40. The summed E-state index contributed by atoms with van der Waals surface area (Å²) in [7, 11) is 0. The monoisotopic (exact) mass is 448 g/mol. The molecule has 0 fully saturated rings. The second kappa shape index (κ2) is 9.73. The molecule has 2 aromatic rings. The number of rotatable bonds is 10. The number of nitrogens with two attached hydrogens (primary N) is 1. The summed E-state index contributed by atoms with van der Waals surface area (Å²) in [4.78, 5) is 54.5. The molecule has 2 aromatic heterocycles. The van der Waals surface area contributed by atoms with Crippen LogP contribution in [0.2, 0.25) is 0 Å². The largest absolute Gasteiger partial charge is 0.481 e. The number of aromatic amines is 1. The fourth-order valence-corrected chi connectivity index (χ4v) is 4.77. The number of nitrogen functional groups attached to an aromatic ring is 1. The molecule has 1 amide bonds. The van der Waals surface area contributed by atoms with Crippen LogP contribution in [0.1, 0.15) is 63.8 Å². The Hall–Kier alpha value is -3.21. The van der Waals surface area contributed by atoms with E-state index in [2.05, 4.69) is 15.3 Å². The zero-order valence-electron chi connectivity index (χ0n) is 16.7. The van der Waals surface area contributed by atoms with Gasteiger partial charge in [-0.2, -0.15) is 0 Å². The average molecular weight is 449 g/mol. The highest BCUT2D eigenvalue weighted by Gasteiger charge is 2.27. The predicted octanol–water partition coefficient (Wildman–Crippen LogP) is 1.51. The van der Waals surface area contributed by atoms with Gasteiger partial charge in [-0.3, -0.25) is 19.4 Å². The van der Waals surface area contributed by atoms with Gasteiger partial charge in [-0.15, -0.1) is 11.3 Å². The molecule has 1 aliphatic carbocycles. The van der Waals surface area contributed by atoms with Crippen molar-refractivity contribution in [3.05, 3.63) is 43.5 Å². The van der Waals surface area contributed by atoms with E-state index in [1.165, 1.54) is 11.3 Å². The average Bonchev–Trinajstić information content (AvgIpc) is 3.32. The molecule has 0 saturated carbocycles. The predicted molar refractivity (Wildman–Crippen MR) is 113 cm³/mol. The van der Waals surface area contributed by atoms with Gasteiger partial charge in [0.15, 0.2) is 0 Å². The van der Waals surface area contributed by atoms with Crippen molar-refractivity contribution in [2.75, 3.05) is 5.73 Å². The van der Waals surface area contributed by atoms with Gasteiger partial charge in [-0.25, -0.2) is 9.78 Å². The van der Waals surface area contributed by atoms with Gasteiger partial charge in [0.2, 0.25) is 5.95 Å². The fraction of sp³-hybridized carbons (Fsp3) is 0.450. The molecule has 1 aliphatic rings. The zero-order chi connectivity index (χ0) is 22.5. The Labute approximate surface area is 181 Å². The number of hydrogen-bond donors (Lipinski definition) is 5. The van der Waals surface area contributed by atoms with E-state index in [0.717, 1.165) is 48.2 Å². The number of aliphatic carboxylic acids is 2. The second-order valence-corrected chi connectivity index (χ2v) is 8.67. The van der Waals surface area contributed by atoms with Gasteiger partial charge in [0.25, 0.3) is 11.5 Å². The highest BCUT2D eigenvalue weighted by atomic mass is 32.1. The Balaban J connectivity index is 1.53. The first-order valence-corrected chi connectivity index (χ1v) is 10.8. The number of carbonyl (C=O) groups excluding carboxylic acids is 1. The molecule has 0 aliphatic heterocycles. The van der Waals surface area contributed by atoms with Crippen molar-refractivity contribution in [3.63, 3.8) is 0 Å². The SMILES string of the molecule is Nc1nc2c(c(=O)[nH]1)C(CCCc1ccc(C(=O)N[C@@H](CCC(=O)O)C(=O)O)s1)CC2. The van der Waals surface area contributed by atoms with E-state index in [1.54, 1.807) is 6.07 Å². The minimum Gasteiger partial charge on any atom is -0.481 e. The standard InChI is InChI=1S/C20H24N4O6S/c21-20-23-12-6-4-10(16(12)18(28)24-20)2-1-3-11-5-8-14(31-11)17(27)22-13(19(29)30)7-9-15(25)26/h5,8,10,13H,1-4,6-7,9H2,(H,22,27)(H,25,26)(H,29,30)(H3,21,23,24,28)/t10?,13-/m0/s1. The molecule has 0 saturated heterocycles. The molecule has 0 aromatic carbocycles. The minimum atomic E-state index is -1.27. The van der Waals surface area contributed by atoms with Crippen LogP contribution < -0.4 is 16.6 Å². The summed E-state index contributed by atoms with van der Waals surface area (Å²) in [6, 6.07) is 2.20. The molecule has 0 spiro atoms. The van der Waals surface area contributed by atoms with Gasteiger partial charge in [0.1, 0.15) is 6.04 Å². The normalized spacial score (nSPS) is 15.9. The van der Waals surface area contributed by atoms with E-state index in [-0.39, 0.29) is 30.3 Å². The molecular weight excluding hydrogens is 424 g/mol. The smallest absolute Gasteiger partial charge is 0.326 e. The number of nitrogens with one attached hydrogen (secondary N) is 2. The lowest BCUT2D eigenvalue weighted by Gasteiger charge is -2.12. The van der Waals surface area contributed by atoms with Gasteiger partial charge >= 0.3 is 11.9 Å². The third-order valence-electron chi connectivity index (χ3n) is 5.30. The Kier molecular flexibility index (Phi) is 7.06. The molecular formula is C20H24N4O6S. The summed E-state index contributed by atoms with van der Waals surface area (Å²) in [6.45, 7) is 0. The van der Waals surface area contributed by atoms with Gasteiger partial charge in [0.05, 0.1) is 10.6 Å². The maximum Gasteiger partial charge on any atom is 0.326 e. The van der Waals surface area contributed by atoms with E-state index in [9.17, 15) is 24.3 Å². The minimum absolute atomic E-state index is 0.139. The van der Waals surface area contributed by atoms with E-state index < -0.39 is 23.9 Å². The summed E-state index contributed by atoms with van der Waals surface area (Å²) >= 11 is 1.27. The first kappa shape index (κ1) is 22.5.